The van der Waals surface area contributed by atoms with Crippen LogP contribution in [-0.2, 0) is 36.7 Å². The van der Waals surface area contributed by atoms with Crippen molar-refractivity contribution in [3.8, 4) is 0 Å². The molecule has 3 aliphatic rings. The second kappa shape index (κ2) is 29.4. The number of allylic oxidation sites excluding steroid dienone is 5. The largest absolute Gasteiger partial charge is 2.00 e. The third-order valence-electron chi connectivity index (χ3n) is 15.1. The SMILES string of the molecule is C=CC1=C(C)c2cc3[n-]c(c(CC(=O)OC)c4[nH+]c(cc5[n-]c(cc1[nH+]2)c(C)c5CC)C(C)=C4C(=O)NCCCCCO)C(CCC(=O)OCC=C(C)CCCC(C)CCCC(C)CCCC(C)C)C3C.[Mg+2]. The molecule has 2 aromatic heterocycles. The van der Waals surface area contributed by atoms with Gasteiger partial charge in [-0.25, -0.2) is 9.97 Å². The van der Waals surface area contributed by atoms with Crippen molar-refractivity contribution in [2.24, 2.45) is 17.8 Å². The molecule has 72 heavy (non-hydrogen) atoms. The number of H-pyrrole nitrogens is 2. The Morgan fingerprint density at radius 3 is 2.14 bits per heavy atom. The molecule has 0 aromatic carbocycles. The number of aromatic amines is 2. The fourth-order valence-corrected chi connectivity index (χ4v) is 10.5. The topological polar surface area (TPSA) is 158 Å². The zero-order valence-electron chi connectivity index (χ0n) is 46.0. The van der Waals surface area contributed by atoms with Gasteiger partial charge in [0.05, 0.1) is 19.1 Å². The molecule has 0 saturated carbocycles. The average Bonchev–Trinajstić information content (AvgIpc) is 4.02. The quantitative estimate of drug-likeness (QED) is 0.0387. The van der Waals surface area contributed by atoms with Crippen LogP contribution < -0.4 is 25.3 Å². The van der Waals surface area contributed by atoms with Crippen molar-refractivity contribution in [3.63, 3.8) is 0 Å². The normalized spacial score (nSPS) is 16.1. The molecule has 2 aromatic rings. The minimum absolute atomic E-state index is 0. The standard InChI is InChI=1S/C60H86N5O6.Mg/c1-13-45-41(8)49-34-51-43(10)47(27-28-55(67)71-32-29-40(7)26-20-25-39(6)24-19-23-38(5)22-18-21-37(3)4)58(64-51)48(33-56(68)70-12)59-57(60(69)61-30-16-15-17-31-66)44(11)52(65-59)36-54-46(14-2)42(9)50(63-54)35-53(45)62-49;/h13,29,34-39,43,47,66H,1,14-28,30-33H2,2-12H3,(H2-,61,62,63,64,65,69);/q-1;+2/p+1. The van der Waals surface area contributed by atoms with E-state index in [1.807, 2.05) is 25.1 Å². The number of aliphatic hydroxyl groups is 1. The first-order chi connectivity index (χ1) is 34.0. The molecule has 3 aliphatic heterocycles. The third kappa shape index (κ3) is 16.2. The molecule has 8 bridgehead atoms. The second-order valence-electron chi connectivity index (χ2n) is 21.1. The van der Waals surface area contributed by atoms with E-state index in [9.17, 15) is 19.5 Å². The van der Waals surface area contributed by atoms with Crippen LogP contribution in [0, 0.1) is 24.7 Å². The number of methoxy groups -OCH3 is 1. The van der Waals surface area contributed by atoms with Gasteiger partial charge in [-0.15, -0.1) is 22.4 Å². The number of unbranched alkanes of at least 4 members (excludes halogenated alkanes) is 2. The summed E-state index contributed by atoms with van der Waals surface area (Å²) < 4.78 is 11.2. The number of aliphatic hydroxyl groups excluding tert-OH is 1. The fourth-order valence-electron chi connectivity index (χ4n) is 10.5. The van der Waals surface area contributed by atoms with Crippen molar-refractivity contribution in [1.82, 2.24) is 15.3 Å². The molecule has 12 heteroatoms. The van der Waals surface area contributed by atoms with Crippen LogP contribution in [0.3, 0.4) is 0 Å². The maximum atomic E-state index is 14.5. The fraction of sp³-hybridized carbons (Fsp3) is 0.583. The van der Waals surface area contributed by atoms with Gasteiger partial charge in [-0.05, 0) is 127 Å². The number of amides is 1. The molecule has 4 unspecified atom stereocenters. The van der Waals surface area contributed by atoms with E-state index in [0.717, 1.165) is 87.9 Å². The summed E-state index contributed by atoms with van der Waals surface area (Å²) in [5.74, 6) is 0.756. The van der Waals surface area contributed by atoms with E-state index in [1.165, 1.54) is 57.6 Å². The number of nitrogens with zero attached hydrogens (tertiary/aromatic N) is 2. The molecule has 0 saturated heterocycles. The van der Waals surface area contributed by atoms with Crippen LogP contribution >= 0.6 is 0 Å². The van der Waals surface area contributed by atoms with E-state index < -0.39 is 5.97 Å². The number of hydrogen-bond acceptors (Lipinski definition) is 6. The van der Waals surface area contributed by atoms with Gasteiger partial charge in [-0.1, -0.05) is 116 Å². The number of rotatable bonds is 27. The van der Waals surface area contributed by atoms with Gasteiger partial charge in [-0.3, -0.25) is 14.4 Å². The van der Waals surface area contributed by atoms with Gasteiger partial charge in [0.1, 0.15) is 12.2 Å². The number of fused-ring (bicyclic) bond motifs is 8. The van der Waals surface area contributed by atoms with E-state index in [4.69, 9.17) is 19.4 Å². The predicted molar refractivity (Wildman–Crippen MR) is 292 cm³/mol. The monoisotopic (exact) mass is 998 g/mol. The predicted octanol–water partition coefficient (Wildman–Crippen LogP) is 11.3. The van der Waals surface area contributed by atoms with Crippen LogP contribution in [0.15, 0.2) is 42.5 Å². The molecule has 11 nitrogen and oxygen atoms in total. The number of nitrogens with one attached hydrogen (secondary N) is 3. The van der Waals surface area contributed by atoms with Crippen LogP contribution in [0.4, 0.5) is 0 Å². The maximum absolute atomic E-state index is 14.5. The van der Waals surface area contributed by atoms with Gasteiger partial charge in [0.25, 0.3) is 5.91 Å². The Labute approximate surface area is 447 Å². The van der Waals surface area contributed by atoms with Gasteiger partial charge < -0.3 is 29.9 Å². The maximum Gasteiger partial charge on any atom is 2.00 e. The Hall–Kier alpha value is -4.52. The van der Waals surface area contributed by atoms with E-state index in [0.29, 0.717) is 65.5 Å². The number of aromatic nitrogens is 4. The van der Waals surface area contributed by atoms with E-state index in [1.54, 1.807) is 0 Å². The molecule has 0 aliphatic carbocycles. The third-order valence-corrected chi connectivity index (χ3v) is 15.1. The Kier molecular flexibility index (Phi) is 24.5. The van der Waals surface area contributed by atoms with Crippen molar-refractivity contribution in [1.29, 1.82) is 0 Å². The van der Waals surface area contributed by atoms with E-state index in [2.05, 4.69) is 96.3 Å². The second-order valence-corrected chi connectivity index (χ2v) is 21.1. The first kappa shape index (κ1) is 60.0. The van der Waals surface area contributed by atoms with Crippen molar-refractivity contribution in [2.45, 2.75) is 184 Å². The molecule has 1 amide bonds. The van der Waals surface area contributed by atoms with Gasteiger partial charge in [0.2, 0.25) is 22.8 Å². The smallest absolute Gasteiger partial charge is 0.664 e. The molecule has 4 atom stereocenters. The molecule has 0 spiro atoms. The van der Waals surface area contributed by atoms with Crippen molar-refractivity contribution >= 4 is 74.2 Å². The van der Waals surface area contributed by atoms with Crippen molar-refractivity contribution < 1.29 is 38.9 Å². The molecule has 5 heterocycles. The molecule has 4 N–H and O–H groups in total. The summed E-state index contributed by atoms with van der Waals surface area (Å²) in [7, 11) is 1.36. The molecule has 0 fully saturated rings. The summed E-state index contributed by atoms with van der Waals surface area (Å²) in [6.07, 6.45) is 18.4. The van der Waals surface area contributed by atoms with Gasteiger partial charge >= 0.3 is 35.0 Å². The minimum Gasteiger partial charge on any atom is -0.664 e. The van der Waals surface area contributed by atoms with Crippen LogP contribution in [-0.4, -0.2) is 72.9 Å². The minimum atomic E-state index is -0.482. The number of esters is 2. The molecule has 388 valence electrons. The Morgan fingerprint density at radius 1 is 0.819 bits per heavy atom. The van der Waals surface area contributed by atoms with E-state index >= 15 is 0 Å². The number of carbonyl (C=O) groups is 3. The summed E-state index contributed by atoms with van der Waals surface area (Å²) in [6.45, 7) is 26.7. The number of carbonyl (C=O) groups excluding carboxylic acids is 3. The van der Waals surface area contributed by atoms with Crippen LogP contribution in [0.1, 0.15) is 215 Å². The zero-order chi connectivity index (χ0) is 51.8. The van der Waals surface area contributed by atoms with Gasteiger partial charge in [0.15, 0.2) is 0 Å². The number of hydrogen-bond donors (Lipinski definition) is 2. The summed E-state index contributed by atoms with van der Waals surface area (Å²) in [4.78, 5) is 59.4. The van der Waals surface area contributed by atoms with Crippen molar-refractivity contribution in [3.05, 3.63) is 93.4 Å². The molecular weight excluding hydrogens is 911 g/mol. The molecule has 5 rings (SSSR count). The number of ether oxygens (including phenoxy) is 2. The van der Waals surface area contributed by atoms with E-state index in [-0.39, 0.29) is 72.8 Å². The molecular formula is C60H87MgN5O6+2. The summed E-state index contributed by atoms with van der Waals surface area (Å²) in [5.41, 5.74) is 13.0. The zero-order valence-corrected chi connectivity index (χ0v) is 47.4. The molecule has 0 radical (unpaired) electrons. The van der Waals surface area contributed by atoms with Crippen LogP contribution in [0.5, 0.6) is 0 Å². The average molecular weight is 999 g/mol. The van der Waals surface area contributed by atoms with Crippen LogP contribution in [0.2, 0.25) is 0 Å². The Balaban J connectivity index is 0.0000112. The first-order valence-corrected chi connectivity index (χ1v) is 26.9. The van der Waals surface area contributed by atoms with Gasteiger partial charge in [-0.2, -0.15) is 0 Å². The number of aryl methyl sites for hydroxylation is 2. The first-order valence-electron chi connectivity index (χ1n) is 26.9. The Bertz CT molecular complexity index is 2510. The van der Waals surface area contributed by atoms with Crippen molar-refractivity contribution in [2.75, 3.05) is 26.9 Å². The summed E-state index contributed by atoms with van der Waals surface area (Å²) in [5, 5.41) is 12.5. The van der Waals surface area contributed by atoms with Crippen LogP contribution in [0.25, 0.3) is 33.3 Å². The summed E-state index contributed by atoms with van der Waals surface area (Å²) >= 11 is 0. The van der Waals surface area contributed by atoms with Gasteiger partial charge in [0, 0.05) is 36.3 Å². The Morgan fingerprint density at radius 2 is 1.49 bits per heavy atom. The summed E-state index contributed by atoms with van der Waals surface area (Å²) in [6, 6.07) is 6.13.